The van der Waals surface area contributed by atoms with Crippen LogP contribution in [-0.4, -0.2) is 171 Å². The quantitative estimate of drug-likeness (QED) is 0.0387. The maximum Gasteiger partial charge on any atom is 0.362 e. The molecule has 0 aromatic carbocycles. The van der Waals surface area contributed by atoms with Gasteiger partial charge in [0.1, 0.15) is 72.8 Å². The van der Waals surface area contributed by atoms with Gasteiger partial charge in [-0.3, -0.25) is 41.7 Å². The number of fused-ring (bicyclic) bond motifs is 2. The fraction of sp³-hybridized carbons (Fsp3) is 0.526. The van der Waals surface area contributed by atoms with Crippen molar-refractivity contribution < 1.29 is 86.4 Å². The zero-order valence-electron chi connectivity index (χ0n) is 39.8. The molecule has 0 radical (unpaired) electrons. The Balaban J connectivity index is 0.940. The van der Waals surface area contributed by atoms with Crippen molar-refractivity contribution >= 4 is 68.5 Å². The molecule has 0 aliphatic carbocycles. The first kappa shape index (κ1) is 55.3. The van der Waals surface area contributed by atoms with E-state index in [1.54, 1.807) is 0 Å². The van der Waals surface area contributed by atoms with Gasteiger partial charge in [0.25, 0.3) is 5.56 Å². The minimum absolute atomic E-state index is 0.00976. The number of nitrogens with two attached hydrogens (primary N) is 4. The molecular weight excluding hydrogens is 1110 g/mol. The lowest BCUT2D eigenvalue weighted by Crippen LogP contribution is -2.45. The van der Waals surface area contributed by atoms with Crippen molar-refractivity contribution in [3.05, 3.63) is 74.8 Å². The van der Waals surface area contributed by atoms with Gasteiger partial charge in [0.2, 0.25) is 5.95 Å². The molecule has 0 saturated carbocycles. The van der Waals surface area contributed by atoms with Crippen molar-refractivity contribution in [2.75, 3.05) is 49.4 Å². The SMILES string of the molecule is Nc1ccn([C@H]2C[C@H](O)[C@@H](COP(=O)(O)[C@]3(O)C[C@H](n4cnc5c(=O)[nH]c(N)nc54)O[C@@H]3COP(=O)(O)[C@]3(O)C[C@H](n4cnc5c(N)ncnc54)O[C@@H]3COP(=O)(O)[C@]3(O)C[C@H](n4ccc(N)nc4=O)O[C@@H]3CO)O2)c(=O)n1. The van der Waals surface area contributed by atoms with E-state index in [4.69, 9.17) is 55.5 Å². The number of nitrogen functional groups attached to an aromatic ring is 4. The van der Waals surface area contributed by atoms with Crippen molar-refractivity contribution in [1.82, 2.24) is 58.1 Å². The molecule has 0 bridgehead atoms. The van der Waals surface area contributed by atoms with Crippen LogP contribution in [0.2, 0.25) is 0 Å². The Hall–Kier alpha value is -6.05. The topological polar surface area (TPSA) is 559 Å². The van der Waals surface area contributed by atoms with E-state index in [-0.39, 0.29) is 46.2 Å². The third-order valence-corrected chi connectivity index (χ3v) is 19.6. The first-order valence-corrected chi connectivity index (χ1v) is 27.8. The maximum atomic E-state index is 14.8. The second-order valence-corrected chi connectivity index (χ2v) is 24.7. The Bertz CT molecular complexity index is 3640. The summed E-state index contributed by atoms with van der Waals surface area (Å²) in [6, 6.07) is 2.47. The predicted octanol–water partition coefficient (Wildman–Crippen LogP) is -4.02. The number of H-pyrrole nitrogens is 1. The largest absolute Gasteiger partial charge is 0.394 e. The van der Waals surface area contributed by atoms with Crippen LogP contribution >= 0.6 is 22.8 Å². The number of aromatic amines is 1. The highest BCUT2D eigenvalue weighted by Gasteiger charge is 2.66. The lowest BCUT2D eigenvalue weighted by atomic mass is 10.2. The normalized spacial score (nSPS) is 32.6. The van der Waals surface area contributed by atoms with E-state index in [1.165, 1.54) is 18.3 Å². The van der Waals surface area contributed by atoms with Gasteiger partial charge in [-0.15, -0.1) is 0 Å². The standard InChI is InChI=1S/C38H49N16O21P3/c39-21-1-3-51(34(58)47-21)23-5-16(56)17(72-23)10-69-77(65,66)37(61)8-26(54-15-46-28-31(54)49-33(42)50-32(28)57)75-19(37)12-71-78(67,68)38(62)7-25(53-14-45-27-29(41)43-13-44-30(27)53)74-20(38)11-70-76(63,64)36(60)6-24(73-18(36)9-55)52-4-2-22(40)48-35(52)59/h1-4,13-20,23-26,55-56,60-62H,5-12H2,(H,63,64)(H,65,66)(H,67,68)(H2,39,47,58)(H2,40,48,59)(H2,41,43,44)(H3,42,49,50,57)/t16-,17+,18+,19+,20+,23+,24+,25+,26+,36+,37+,38+/m0/s1. The van der Waals surface area contributed by atoms with Crippen LogP contribution in [-0.2, 0) is 46.2 Å². The molecule has 6 aromatic rings. The summed E-state index contributed by atoms with van der Waals surface area (Å²) in [5.74, 6) is -0.809. The number of nitrogens with one attached hydrogen (secondary N) is 1. The first-order valence-electron chi connectivity index (χ1n) is 23.0. The first-order chi connectivity index (χ1) is 36.7. The minimum Gasteiger partial charge on any atom is -0.394 e. The van der Waals surface area contributed by atoms with Gasteiger partial charge >= 0.3 is 34.2 Å². The van der Waals surface area contributed by atoms with Gasteiger partial charge in [0.15, 0.2) is 38.7 Å². The summed E-state index contributed by atoms with van der Waals surface area (Å²) >= 11 is 0. The summed E-state index contributed by atoms with van der Waals surface area (Å²) in [6.07, 6.45) is -12.7. The van der Waals surface area contributed by atoms with E-state index in [1.807, 2.05) is 0 Å². The molecule has 10 heterocycles. The zero-order chi connectivity index (χ0) is 56.1. The average molecular weight is 1160 g/mol. The molecule has 6 aromatic heterocycles. The van der Waals surface area contributed by atoms with Crippen LogP contribution in [0.15, 0.2) is 57.9 Å². The molecule has 422 valence electrons. The number of anilines is 4. The third-order valence-electron chi connectivity index (χ3n) is 13.8. The number of rotatable bonds is 17. The van der Waals surface area contributed by atoms with Crippen LogP contribution in [0, 0.1) is 0 Å². The van der Waals surface area contributed by atoms with Gasteiger partial charge in [-0.05, 0) is 12.1 Å². The summed E-state index contributed by atoms with van der Waals surface area (Å²) in [7, 11) is -17.1. The number of aliphatic hydroxyl groups is 5. The number of nitrogens with zero attached hydrogens (tertiary/aromatic N) is 11. The summed E-state index contributed by atoms with van der Waals surface area (Å²) < 4.78 is 87.1. The van der Waals surface area contributed by atoms with E-state index in [2.05, 4.69) is 39.9 Å². The van der Waals surface area contributed by atoms with Gasteiger partial charge in [-0.2, -0.15) is 15.0 Å². The van der Waals surface area contributed by atoms with Crippen LogP contribution in [0.25, 0.3) is 22.3 Å². The van der Waals surface area contributed by atoms with Gasteiger partial charge in [0, 0.05) is 38.1 Å². The number of aromatic nitrogens is 12. The number of hydrogen-bond donors (Lipinski definition) is 13. The second-order valence-electron chi connectivity index (χ2n) is 18.5. The lowest BCUT2D eigenvalue weighted by molar-refractivity contribution is -0.0787. The molecule has 4 aliphatic heterocycles. The maximum absolute atomic E-state index is 14.8. The highest BCUT2D eigenvalue weighted by atomic mass is 31.2. The van der Waals surface area contributed by atoms with Crippen molar-refractivity contribution in [3.63, 3.8) is 0 Å². The fourth-order valence-electron chi connectivity index (χ4n) is 9.53. The Labute approximate surface area is 433 Å². The number of ether oxygens (including phenoxy) is 4. The Morgan fingerprint density at radius 1 is 0.628 bits per heavy atom. The minimum atomic E-state index is -5.88. The number of hydrogen-bond acceptors (Lipinski definition) is 29. The molecule has 4 fully saturated rings. The van der Waals surface area contributed by atoms with Crippen molar-refractivity contribution in [3.8, 4) is 0 Å². The monoisotopic (exact) mass is 1160 g/mol. The summed E-state index contributed by atoms with van der Waals surface area (Å²) in [4.78, 5) is 103. The predicted molar refractivity (Wildman–Crippen MR) is 257 cm³/mol. The van der Waals surface area contributed by atoms with Gasteiger partial charge in [-0.25, -0.2) is 29.5 Å². The van der Waals surface area contributed by atoms with E-state index in [0.29, 0.717) is 0 Å². The summed E-state index contributed by atoms with van der Waals surface area (Å²) in [5.41, 5.74) is 19.7. The lowest BCUT2D eigenvalue weighted by Gasteiger charge is -2.36. The van der Waals surface area contributed by atoms with E-state index < -0.39 is 163 Å². The molecule has 0 spiro atoms. The van der Waals surface area contributed by atoms with Crippen LogP contribution in [0.5, 0.6) is 0 Å². The molecule has 40 heteroatoms. The molecule has 4 saturated heterocycles. The molecule has 17 N–H and O–H groups in total. The Kier molecular flexibility index (Phi) is 14.1. The van der Waals surface area contributed by atoms with Crippen LogP contribution in [0.4, 0.5) is 23.4 Å². The molecule has 3 unspecified atom stereocenters. The summed E-state index contributed by atoms with van der Waals surface area (Å²) in [5, 5.41) is 48.2. The fourth-order valence-corrected chi connectivity index (χ4v) is 13.9. The Morgan fingerprint density at radius 3 is 1.64 bits per heavy atom. The van der Waals surface area contributed by atoms with E-state index in [0.717, 1.165) is 43.4 Å². The Morgan fingerprint density at radius 2 is 1.10 bits per heavy atom. The van der Waals surface area contributed by atoms with Gasteiger partial charge < -0.3 is 95.7 Å². The van der Waals surface area contributed by atoms with Gasteiger partial charge in [-0.1, -0.05) is 0 Å². The molecule has 4 aliphatic rings. The van der Waals surface area contributed by atoms with Crippen LogP contribution < -0.4 is 39.9 Å². The van der Waals surface area contributed by atoms with E-state index >= 15 is 0 Å². The smallest absolute Gasteiger partial charge is 0.362 e. The second kappa shape index (κ2) is 19.9. The third kappa shape index (κ3) is 9.41. The average Bonchev–Trinajstić information content (AvgIpc) is 4.25. The number of aliphatic hydroxyl groups excluding tert-OH is 2. The zero-order valence-corrected chi connectivity index (χ0v) is 42.5. The van der Waals surface area contributed by atoms with E-state index in [9.17, 15) is 68.3 Å². The molecule has 37 nitrogen and oxygen atoms in total. The van der Waals surface area contributed by atoms with Crippen molar-refractivity contribution in [1.29, 1.82) is 0 Å². The molecule has 0 amide bonds. The van der Waals surface area contributed by atoms with Crippen LogP contribution in [0.1, 0.15) is 50.6 Å². The van der Waals surface area contributed by atoms with Gasteiger partial charge in [0.05, 0.1) is 45.2 Å². The molecular formula is C38H49N16O21P3. The van der Waals surface area contributed by atoms with Crippen LogP contribution in [0.3, 0.4) is 0 Å². The highest BCUT2D eigenvalue weighted by molar-refractivity contribution is 7.55. The molecule has 78 heavy (non-hydrogen) atoms. The summed E-state index contributed by atoms with van der Waals surface area (Å²) in [6.45, 7) is -4.79. The molecule has 10 rings (SSSR count). The molecule has 15 atom stereocenters. The highest BCUT2D eigenvalue weighted by Crippen LogP contribution is 2.68. The van der Waals surface area contributed by atoms with Crippen molar-refractivity contribution in [2.24, 2.45) is 0 Å². The van der Waals surface area contributed by atoms with Crippen molar-refractivity contribution in [2.45, 2.75) is 97.1 Å². The number of imidazole rings is 2.